The third-order valence-electron chi connectivity index (χ3n) is 6.31. The van der Waals surface area contributed by atoms with Crippen molar-refractivity contribution in [3.63, 3.8) is 0 Å². The Labute approximate surface area is 175 Å². The minimum atomic E-state index is -3.36. The molecule has 3 aliphatic heterocycles. The number of hydrogen-bond acceptors (Lipinski definition) is 5. The van der Waals surface area contributed by atoms with Crippen LogP contribution in [0.1, 0.15) is 51.9 Å². The van der Waals surface area contributed by atoms with Gasteiger partial charge in [-0.25, -0.2) is 8.42 Å². The molecule has 0 saturated carbocycles. The molecule has 3 heterocycles. The SMILES string of the molecule is CCCS(=O)(=O)N1CCCC1C(=O)N1CCN(CC(=O)N2CCCCCC2)CC1. The first-order chi connectivity index (χ1) is 13.9. The summed E-state index contributed by atoms with van der Waals surface area (Å²) in [6.45, 7) is 6.89. The molecule has 0 spiro atoms. The molecule has 3 aliphatic rings. The van der Waals surface area contributed by atoms with Crippen LogP contribution in [-0.4, -0.2) is 103 Å². The Morgan fingerprint density at radius 3 is 2.10 bits per heavy atom. The molecule has 0 aromatic rings. The van der Waals surface area contributed by atoms with Crippen LogP contribution in [0.4, 0.5) is 0 Å². The quantitative estimate of drug-likeness (QED) is 0.623. The number of hydrogen-bond donors (Lipinski definition) is 0. The van der Waals surface area contributed by atoms with Crippen molar-refractivity contribution >= 4 is 21.8 Å². The van der Waals surface area contributed by atoms with Gasteiger partial charge in [-0.15, -0.1) is 0 Å². The van der Waals surface area contributed by atoms with Gasteiger partial charge in [-0.3, -0.25) is 14.5 Å². The smallest absolute Gasteiger partial charge is 0.241 e. The highest BCUT2D eigenvalue weighted by Gasteiger charge is 2.40. The van der Waals surface area contributed by atoms with Gasteiger partial charge in [0.1, 0.15) is 6.04 Å². The third-order valence-corrected chi connectivity index (χ3v) is 8.39. The molecule has 2 amide bonds. The van der Waals surface area contributed by atoms with E-state index < -0.39 is 16.1 Å². The molecular weight excluding hydrogens is 392 g/mol. The summed E-state index contributed by atoms with van der Waals surface area (Å²) in [6.07, 6.45) is 6.50. The number of carbonyl (C=O) groups excluding carboxylic acids is 2. The van der Waals surface area contributed by atoms with Crippen LogP contribution in [0.2, 0.25) is 0 Å². The van der Waals surface area contributed by atoms with E-state index in [1.165, 1.54) is 17.1 Å². The highest BCUT2D eigenvalue weighted by atomic mass is 32.2. The Balaban J connectivity index is 1.49. The molecule has 8 nitrogen and oxygen atoms in total. The number of carbonyl (C=O) groups is 2. The Morgan fingerprint density at radius 2 is 1.48 bits per heavy atom. The monoisotopic (exact) mass is 428 g/mol. The first kappa shape index (κ1) is 22.5. The summed E-state index contributed by atoms with van der Waals surface area (Å²) in [5.41, 5.74) is 0. The zero-order valence-electron chi connectivity index (χ0n) is 17.7. The predicted octanol–water partition coefficient (Wildman–Crippen LogP) is 0.737. The van der Waals surface area contributed by atoms with Gasteiger partial charge in [0.25, 0.3) is 0 Å². The van der Waals surface area contributed by atoms with Crippen LogP contribution >= 0.6 is 0 Å². The maximum atomic E-state index is 13.0. The lowest BCUT2D eigenvalue weighted by Gasteiger charge is -2.37. The van der Waals surface area contributed by atoms with Crippen LogP contribution in [0.5, 0.6) is 0 Å². The van der Waals surface area contributed by atoms with E-state index in [1.807, 2.05) is 11.8 Å². The van der Waals surface area contributed by atoms with Crippen molar-refractivity contribution in [2.75, 3.05) is 58.1 Å². The summed E-state index contributed by atoms with van der Waals surface area (Å²) in [5, 5.41) is 0. The van der Waals surface area contributed by atoms with Crippen molar-refractivity contribution < 1.29 is 18.0 Å². The Kier molecular flexibility index (Phi) is 7.92. The molecule has 0 bridgehead atoms. The van der Waals surface area contributed by atoms with Crippen LogP contribution < -0.4 is 0 Å². The average Bonchev–Trinajstić information content (AvgIpc) is 3.04. The fourth-order valence-electron chi connectivity index (χ4n) is 4.64. The van der Waals surface area contributed by atoms with E-state index in [4.69, 9.17) is 0 Å². The van der Waals surface area contributed by atoms with Crippen molar-refractivity contribution in [3.05, 3.63) is 0 Å². The van der Waals surface area contributed by atoms with Crippen molar-refractivity contribution in [2.45, 2.75) is 57.9 Å². The molecule has 0 aromatic heterocycles. The third kappa shape index (κ3) is 5.70. The maximum absolute atomic E-state index is 13.0. The molecular formula is C20H36N4O4S. The summed E-state index contributed by atoms with van der Waals surface area (Å²) in [6, 6.07) is -0.545. The lowest BCUT2D eigenvalue weighted by atomic mass is 10.2. The van der Waals surface area contributed by atoms with E-state index in [1.54, 1.807) is 4.90 Å². The van der Waals surface area contributed by atoms with E-state index in [-0.39, 0.29) is 17.6 Å². The minimum Gasteiger partial charge on any atom is -0.342 e. The van der Waals surface area contributed by atoms with Gasteiger partial charge in [0.05, 0.1) is 12.3 Å². The summed E-state index contributed by atoms with van der Waals surface area (Å²) in [5.74, 6) is 0.225. The Bertz CT molecular complexity index is 668. The van der Waals surface area contributed by atoms with Crippen molar-refractivity contribution in [2.24, 2.45) is 0 Å². The Morgan fingerprint density at radius 1 is 0.828 bits per heavy atom. The molecule has 0 aromatic carbocycles. The normalized spacial score (nSPS) is 25.2. The Hall–Kier alpha value is -1.19. The van der Waals surface area contributed by atoms with Gasteiger partial charge in [0.2, 0.25) is 21.8 Å². The average molecular weight is 429 g/mol. The van der Waals surface area contributed by atoms with Crippen molar-refractivity contribution in [1.82, 2.24) is 19.0 Å². The molecule has 3 saturated heterocycles. The van der Waals surface area contributed by atoms with Crippen LogP contribution in [-0.2, 0) is 19.6 Å². The zero-order valence-corrected chi connectivity index (χ0v) is 18.5. The molecule has 0 N–H and O–H groups in total. The van der Waals surface area contributed by atoms with Crippen molar-refractivity contribution in [3.8, 4) is 0 Å². The summed E-state index contributed by atoms with van der Waals surface area (Å²) in [4.78, 5) is 31.5. The van der Waals surface area contributed by atoms with Crippen LogP contribution in [0, 0.1) is 0 Å². The molecule has 0 radical (unpaired) electrons. The molecule has 1 atom stereocenters. The first-order valence-corrected chi connectivity index (χ1v) is 12.8. The second-order valence-electron chi connectivity index (χ2n) is 8.48. The maximum Gasteiger partial charge on any atom is 0.241 e. The number of nitrogens with zero attached hydrogens (tertiary/aromatic N) is 4. The highest BCUT2D eigenvalue weighted by Crippen LogP contribution is 2.24. The van der Waals surface area contributed by atoms with Gasteiger partial charge >= 0.3 is 0 Å². The number of piperazine rings is 1. The second-order valence-corrected chi connectivity index (χ2v) is 10.5. The van der Waals surface area contributed by atoms with Gasteiger partial charge in [-0.1, -0.05) is 19.8 Å². The van der Waals surface area contributed by atoms with E-state index >= 15 is 0 Å². The van der Waals surface area contributed by atoms with Crippen molar-refractivity contribution in [1.29, 1.82) is 0 Å². The minimum absolute atomic E-state index is 0.0688. The first-order valence-electron chi connectivity index (χ1n) is 11.2. The molecule has 9 heteroatoms. The standard InChI is InChI=1S/C20H36N4O4S/c1-2-16-29(27,28)24-11-7-8-18(24)20(26)23-14-12-21(13-15-23)17-19(25)22-9-5-3-4-6-10-22/h18H,2-17H2,1H3. The topological polar surface area (TPSA) is 81.2 Å². The molecule has 166 valence electrons. The van der Waals surface area contributed by atoms with Gasteiger partial charge in [0.15, 0.2) is 0 Å². The van der Waals surface area contributed by atoms with Crippen LogP contribution in [0.3, 0.4) is 0 Å². The molecule has 3 fully saturated rings. The molecule has 0 aliphatic carbocycles. The zero-order chi connectivity index (χ0) is 20.9. The molecule has 3 rings (SSSR count). The fraction of sp³-hybridized carbons (Fsp3) is 0.900. The van der Waals surface area contributed by atoms with E-state index in [0.29, 0.717) is 52.1 Å². The predicted molar refractivity (Wildman–Crippen MR) is 112 cm³/mol. The van der Waals surface area contributed by atoms with Crippen LogP contribution in [0.15, 0.2) is 0 Å². The highest BCUT2D eigenvalue weighted by molar-refractivity contribution is 7.89. The number of sulfonamides is 1. The largest absolute Gasteiger partial charge is 0.342 e. The number of likely N-dealkylation sites (tertiary alicyclic amines) is 1. The van der Waals surface area contributed by atoms with E-state index in [9.17, 15) is 18.0 Å². The fourth-order valence-corrected chi connectivity index (χ4v) is 6.38. The van der Waals surface area contributed by atoms with E-state index in [2.05, 4.69) is 4.90 Å². The molecule has 1 unspecified atom stereocenters. The van der Waals surface area contributed by atoms with Gasteiger partial charge in [-0.2, -0.15) is 4.31 Å². The number of rotatable bonds is 6. The summed E-state index contributed by atoms with van der Waals surface area (Å²) in [7, 11) is -3.36. The lowest BCUT2D eigenvalue weighted by Crippen LogP contribution is -2.55. The van der Waals surface area contributed by atoms with Crippen LogP contribution in [0.25, 0.3) is 0 Å². The second kappa shape index (κ2) is 10.2. The van der Waals surface area contributed by atoms with Gasteiger partial charge in [-0.05, 0) is 32.1 Å². The van der Waals surface area contributed by atoms with Gasteiger partial charge < -0.3 is 9.80 Å². The number of amides is 2. The van der Waals surface area contributed by atoms with Gasteiger partial charge in [0, 0.05) is 45.8 Å². The summed E-state index contributed by atoms with van der Waals surface area (Å²) >= 11 is 0. The van der Waals surface area contributed by atoms with E-state index in [0.717, 1.165) is 32.4 Å². The molecule has 29 heavy (non-hydrogen) atoms. The lowest BCUT2D eigenvalue weighted by molar-refractivity contribution is -0.137. The summed E-state index contributed by atoms with van der Waals surface area (Å²) < 4.78 is 26.4.